The molecule has 0 unspecified atom stereocenters. The quantitative estimate of drug-likeness (QED) is 0.443. The summed E-state index contributed by atoms with van der Waals surface area (Å²) < 4.78 is 0. The van der Waals surface area contributed by atoms with Crippen LogP contribution in [-0.2, 0) is 14.6 Å². The summed E-state index contributed by atoms with van der Waals surface area (Å²) in [6, 6.07) is 0. The predicted octanol–water partition coefficient (Wildman–Crippen LogP) is 0.623. The Morgan fingerprint density at radius 3 is 2.06 bits per heavy atom. The summed E-state index contributed by atoms with van der Waals surface area (Å²) in [5.74, 6) is 7.19. The van der Waals surface area contributed by atoms with E-state index >= 15 is 0 Å². The third-order valence-corrected chi connectivity index (χ3v) is 6.29. The average Bonchev–Trinajstić information content (AvgIpc) is 2.39. The highest BCUT2D eigenvalue weighted by atomic mass is 17.2. The fourth-order valence-electron chi connectivity index (χ4n) is 6.10. The first-order valence-corrected chi connectivity index (χ1v) is 6.22. The molecule has 0 atom stereocenters. The summed E-state index contributed by atoms with van der Waals surface area (Å²) in [5.41, 5.74) is 0.564. The van der Waals surface area contributed by atoms with E-state index in [1.54, 1.807) is 0 Å². The van der Waals surface area contributed by atoms with E-state index in [1.807, 2.05) is 0 Å². The third kappa shape index (κ3) is 0.698. The minimum Gasteiger partial charge on any atom is -0.396 e. The van der Waals surface area contributed by atoms with Crippen LogP contribution < -0.4 is 0 Å². The van der Waals surface area contributed by atoms with Gasteiger partial charge in [-0.05, 0) is 41.4 Å². The number of carbonyl (C=O) groups is 1. The molecular formula is C13H16O4. The van der Waals surface area contributed by atoms with Crippen molar-refractivity contribution < 1.29 is 19.7 Å². The van der Waals surface area contributed by atoms with Crippen molar-refractivity contribution in [3.8, 4) is 0 Å². The fraction of sp³-hybridized carbons (Fsp3) is 0.769. The molecule has 0 heterocycles. The summed E-state index contributed by atoms with van der Waals surface area (Å²) in [5, 5.41) is 9.22. The number of hydrogen-bond acceptors (Lipinski definition) is 4. The highest BCUT2D eigenvalue weighted by Crippen LogP contribution is 3.05. The predicted molar refractivity (Wildman–Crippen MR) is 57.2 cm³/mol. The van der Waals surface area contributed by atoms with E-state index in [2.05, 4.69) is 16.4 Å². The van der Waals surface area contributed by atoms with Crippen molar-refractivity contribution in [3.05, 3.63) is 12.7 Å². The van der Waals surface area contributed by atoms with Gasteiger partial charge in [0.25, 0.3) is 0 Å². The maximum absolute atomic E-state index is 9.95. The molecule has 0 aliphatic heterocycles. The Morgan fingerprint density at radius 2 is 1.82 bits per heavy atom. The van der Waals surface area contributed by atoms with Crippen LogP contribution in [-0.4, -0.2) is 24.8 Å². The summed E-state index contributed by atoms with van der Waals surface area (Å²) in [6.45, 7) is 3.66. The van der Waals surface area contributed by atoms with Crippen LogP contribution in [0.3, 0.4) is 0 Å². The van der Waals surface area contributed by atoms with Crippen LogP contribution in [0.2, 0.25) is 0 Å². The second kappa shape index (κ2) is 2.75. The van der Waals surface area contributed by atoms with Crippen LogP contribution in [0.15, 0.2) is 12.7 Å². The lowest BCUT2D eigenvalue weighted by Crippen LogP contribution is -3.05. The Hall–Kier alpha value is -0.870. The van der Waals surface area contributed by atoms with Gasteiger partial charge in [-0.15, -0.1) is 0 Å². The van der Waals surface area contributed by atoms with Crippen LogP contribution in [0.5, 0.6) is 0 Å². The number of hydrogen-bond donors (Lipinski definition) is 1. The lowest BCUT2D eigenvalue weighted by molar-refractivity contribution is -0.617. The van der Waals surface area contributed by atoms with E-state index in [0.717, 1.165) is 41.6 Å². The van der Waals surface area contributed by atoms with E-state index < -0.39 is 5.97 Å². The molecule has 6 fully saturated rings. The molecule has 17 heavy (non-hydrogen) atoms. The highest BCUT2D eigenvalue weighted by molar-refractivity contribution is 5.80. The van der Waals surface area contributed by atoms with Gasteiger partial charge in [0.2, 0.25) is 0 Å². The SMILES string of the molecule is C=CC(=O)OOC.OCC12C3C4C5C3C1C5C42. The Morgan fingerprint density at radius 1 is 1.29 bits per heavy atom. The van der Waals surface area contributed by atoms with Crippen molar-refractivity contribution in [1.29, 1.82) is 0 Å². The van der Waals surface area contributed by atoms with Gasteiger partial charge >= 0.3 is 5.97 Å². The zero-order valence-corrected chi connectivity index (χ0v) is 9.70. The van der Waals surface area contributed by atoms with Crippen molar-refractivity contribution >= 4 is 5.97 Å². The lowest BCUT2D eigenvalue weighted by Gasteiger charge is -3.07. The van der Waals surface area contributed by atoms with E-state index in [9.17, 15) is 9.90 Å². The molecule has 6 aliphatic carbocycles. The van der Waals surface area contributed by atoms with Gasteiger partial charge in [0, 0.05) is 18.1 Å². The number of aliphatic hydroxyl groups excluding tert-OH is 1. The first-order valence-electron chi connectivity index (χ1n) is 6.22. The van der Waals surface area contributed by atoms with Crippen LogP contribution in [0, 0.1) is 46.8 Å². The second-order valence-corrected chi connectivity index (χ2v) is 5.93. The van der Waals surface area contributed by atoms with E-state index in [1.165, 1.54) is 13.0 Å². The zero-order valence-electron chi connectivity index (χ0n) is 9.70. The molecule has 0 aromatic heterocycles. The molecule has 4 heteroatoms. The van der Waals surface area contributed by atoms with Gasteiger partial charge in [-0.1, -0.05) is 6.58 Å². The zero-order chi connectivity index (χ0) is 11.9. The first kappa shape index (κ1) is 10.1. The molecule has 6 aliphatic rings. The van der Waals surface area contributed by atoms with Crippen molar-refractivity contribution in [1.82, 2.24) is 0 Å². The van der Waals surface area contributed by atoms with E-state index in [-0.39, 0.29) is 0 Å². The minimum absolute atomic E-state index is 0.531. The van der Waals surface area contributed by atoms with Gasteiger partial charge in [0.1, 0.15) is 0 Å². The van der Waals surface area contributed by atoms with Gasteiger partial charge in [-0.2, -0.15) is 4.89 Å². The number of rotatable bonds is 3. The van der Waals surface area contributed by atoms with Crippen molar-refractivity contribution in [2.24, 2.45) is 46.8 Å². The summed E-state index contributed by atoms with van der Waals surface area (Å²) in [6.07, 6.45) is 1.02. The van der Waals surface area contributed by atoms with Gasteiger partial charge < -0.3 is 5.11 Å². The maximum Gasteiger partial charge on any atom is 0.365 e. The molecule has 0 aromatic rings. The molecule has 0 saturated heterocycles. The minimum atomic E-state index is -0.581. The highest BCUT2D eigenvalue weighted by Gasteiger charge is 3.03. The standard InChI is InChI=1S/C9H10O.C4H6O3/c10-1-9-6-3-2-4(6)8(9)5(2)7(3)9;1-3-4(5)7-6-2/h2-8,10H,1H2;3H,1H2,2H3. The third-order valence-electron chi connectivity index (χ3n) is 6.29. The molecule has 92 valence electrons. The molecule has 4 nitrogen and oxygen atoms in total. The van der Waals surface area contributed by atoms with Gasteiger partial charge in [-0.25, -0.2) is 4.79 Å². The van der Waals surface area contributed by atoms with Crippen LogP contribution in [0.25, 0.3) is 0 Å². The Balaban J connectivity index is 0.000000104. The van der Waals surface area contributed by atoms with Crippen LogP contribution >= 0.6 is 0 Å². The normalized spacial score (nSPS) is 59.8. The Kier molecular flexibility index (Phi) is 1.63. The van der Waals surface area contributed by atoms with Crippen LogP contribution in [0.1, 0.15) is 0 Å². The summed E-state index contributed by atoms with van der Waals surface area (Å²) >= 11 is 0. The fourth-order valence-corrected chi connectivity index (χ4v) is 6.10. The molecular weight excluding hydrogens is 220 g/mol. The van der Waals surface area contributed by atoms with Gasteiger partial charge in [0.15, 0.2) is 0 Å². The topological polar surface area (TPSA) is 55.8 Å². The van der Waals surface area contributed by atoms with Crippen molar-refractivity contribution in [2.75, 3.05) is 13.7 Å². The molecule has 6 rings (SSSR count). The van der Waals surface area contributed by atoms with E-state index in [0.29, 0.717) is 12.0 Å². The summed E-state index contributed by atoms with van der Waals surface area (Å²) in [7, 11) is 1.25. The molecule has 0 bridgehead atoms. The number of aliphatic hydroxyl groups is 1. The Bertz CT molecular complexity index is 365. The molecule has 0 aromatic carbocycles. The van der Waals surface area contributed by atoms with E-state index in [4.69, 9.17) is 0 Å². The largest absolute Gasteiger partial charge is 0.396 e. The molecule has 0 amide bonds. The smallest absolute Gasteiger partial charge is 0.365 e. The van der Waals surface area contributed by atoms with Gasteiger partial charge in [0.05, 0.1) is 7.11 Å². The monoisotopic (exact) mass is 236 g/mol. The van der Waals surface area contributed by atoms with Crippen molar-refractivity contribution in [2.45, 2.75) is 0 Å². The second-order valence-electron chi connectivity index (χ2n) is 5.93. The average molecular weight is 236 g/mol. The van der Waals surface area contributed by atoms with Crippen LogP contribution in [0.4, 0.5) is 0 Å². The first-order chi connectivity index (χ1) is 8.23. The lowest BCUT2D eigenvalue weighted by atomic mass is 8.97. The van der Waals surface area contributed by atoms with Gasteiger partial charge in [-0.3, -0.25) is 4.89 Å². The molecule has 0 radical (unpaired) electrons. The van der Waals surface area contributed by atoms with Crippen molar-refractivity contribution in [3.63, 3.8) is 0 Å². The number of carbonyl (C=O) groups excluding carboxylic acids is 1. The summed E-state index contributed by atoms with van der Waals surface area (Å²) in [4.78, 5) is 17.9. The molecule has 6 saturated carbocycles. The molecule has 1 N–H and O–H groups in total. The Labute approximate surface area is 99.5 Å². The molecule has 0 spiro atoms. The maximum atomic E-state index is 9.95.